The van der Waals surface area contributed by atoms with E-state index in [1.165, 1.54) is 0 Å². The number of carbonyl (C=O) groups is 1. The van der Waals surface area contributed by atoms with Crippen LogP contribution in [0.15, 0.2) is 24.3 Å². The van der Waals surface area contributed by atoms with Crippen molar-refractivity contribution in [1.29, 1.82) is 0 Å². The first-order valence-corrected chi connectivity index (χ1v) is 9.96. The number of nitrogens with zero attached hydrogens (tertiary/aromatic N) is 1. The Hall–Kier alpha value is -1.73. The number of rotatable bonds is 3. The molecule has 2 heterocycles. The molecule has 7 heteroatoms. The van der Waals surface area contributed by atoms with E-state index in [1.54, 1.807) is 4.90 Å². The van der Waals surface area contributed by atoms with Gasteiger partial charge < -0.3 is 23.7 Å². The minimum absolute atomic E-state index is 0.0546. The molecule has 1 atom stereocenters. The Labute approximate surface area is 168 Å². The van der Waals surface area contributed by atoms with Crippen LogP contribution < -0.4 is 10.2 Å². The predicted molar refractivity (Wildman–Crippen MR) is 109 cm³/mol. The lowest BCUT2D eigenvalue weighted by Gasteiger charge is -2.32. The van der Waals surface area contributed by atoms with Crippen LogP contribution >= 0.6 is 0 Å². The molecule has 0 bridgehead atoms. The minimum atomic E-state index is -0.493. The van der Waals surface area contributed by atoms with Gasteiger partial charge in [0.05, 0.1) is 17.7 Å². The summed E-state index contributed by atoms with van der Waals surface area (Å²) < 4.78 is 23.8. The molecule has 0 aromatic heterocycles. The van der Waals surface area contributed by atoms with Gasteiger partial charge in [0.2, 0.25) is 0 Å². The summed E-state index contributed by atoms with van der Waals surface area (Å²) in [4.78, 5) is 13.9. The average Bonchev–Trinajstić information content (AvgIpc) is 3.09. The van der Waals surface area contributed by atoms with E-state index in [1.807, 2.05) is 72.7 Å². The highest BCUT2D eigenvalue weighted by Gasteiger charge is 2.51. The number of hydrogen-bond donors (Lipinski definition) is 0. The summed E-state index contributed by atoms with van der Waals surface area (Å²) in [5, 5.41) is 0. The second-order valence-electron chi connectivity index (χ2n) is 9.62. The summed E-state index contributed by atoms with van der Waals surface area (Å²) in [6.07, 6.45) is 0.436. The van der Waals surface area contributed by atoms with Gasteiger partial charge in [0.15, 0.2) is 0 Å². The maximum atomic E-state index is 12.2. The number of amides is 1. The van der Waals surface area contributed by atoms with Crippen LogP contribution in [0.4, 0.5) is 4.79 Å². The molecule has 1 aromatic carbocycles. The first kappa shape index (κ1) is 21.0. The molecule has 0 N–H and O–H groups in total. The van der Waals surface area contributed by atoms with Crippen molar-refractivity contribution in [2.75, 3.05) is 13.1 Å². The number of hydrogen-bond acceptors (Lipinski definition) is 5. The number of carbonyl (C=O) groups excluding carboxylic acids is 1. The van der Waals surface area contributed by atoms with E-state index in [-0.39, 0.29) is 23.4 Å². The maximum Gasteiger partial charge on any atom is 0.494 e. The van der Waals surface area contributed by atoms with E-state index in [4.69, 9.17) is 18.8 Å². The second-order valence-corrected chi connectivity index (χ2v) is 9.62. The van der Waals surface area contributed by atoms with Crippen LogP contribution in [0.3, 0.4) is 0 Å². The molecule has 2 saturated heterocycles. The zero-order chi connectivity index (χ0) is 20.7. The molecule has 1 aromatic rings. The van der Waals surface area contributed by atoms with E-state index in [2.05, 4.69) is 0 Å². The topological polar surface area (TPSA) is 57.2 Å². The van der Waals surface area contributed by atoms with E-state index in [0.717, 1.165) is 17.6 Å². The molecule has 2 fully saturated rings. The second kappa shape index (κ2) is 7.27. The normalized spacial score (nSPS) is 23.8. The number of ether oxygens (including phenoxy) is 2. The Morgan fingerprint density at radius 1 is 1.18 bits per heavy atom. The molecule has 28 heavy (non-hydrogen) atoms. The Morgan fingerprint density at radius 3 is 2.43 bits per heavy atom. The summed E-state index contributed by atoms with van der Waals surface area (Å²) in [5.41, 5.74) is -0.326. The number of likely N-dealkylation sites (tertiary alicyclic amines) is 1. The highest BCUT2D eigenvalue weighted by molar-refractivity contribution is 6.62. The van der Waals surface area contributed by atoms with Crippen molar-refractivity contribution in [3.8, 4) is 5.75 Å². The zero-order valence-electron chi connectivity index (χ0n) is 18.1. The fourth-order valence-corrected chi connectivity index (χ4v) is 3.22. The van der Waals surface area contributed by atoms with Crippen molar-refractivity contribution in [3.63, 3.8) is 0 Å². The molecule has 0 radical (unpaired) electrons. The average molecular weight is 389 g/mol. The molecule has 0 unspecified atom stereocenters. The van der Waals surface area contributed by atoms with Gasteiger partial charge >= 0.3 is 13.2 Å². The summed E-state index contributed by atoms with van der Waals surface area (Å²) in [6.45, 7) is 14.9. The molecule has 0 spiro atoms. The monoisotopic (exact) mass is 389 g/mol. The quantitative estimate of drug-likeness (QED) is 0.742. The van der Waals surface area contributed by atoms with Crippen LogP contribution in [-0.2, 0) is 14.0 Å². The van der Waals surface area contributed by atoms with E-state index >= 15 is 0 Å². The molecular formula is C21H32BNO5. The SMILES string of the molecule is CC(C)(C)OC(=O)N1CC[C@@H](Oc2cccc(B3OC(C)(C)C(C)(C)O3)c2)C1. The molecular weight excluding hydrogens is 357 g/mol. The summed E-state index contributed by atoms with van der Waals surface area (Å²) in [6, 6.07) is 7.80. The van der Waals surface area contributed by atoms with Gasteiger partial charge in [-0.05, 0) is 66.1 Å². The van der Waals surface area contributed by atoms with Gasteiger partial charge in [-0.2, -0.15) is 0 Å². The molecule has 2 aliphatic heterocycles. The molecule has 0 aliphatic carbocycles. The van der Waals surface area contributed by atoms with Crippen LogP contribution in [0.25, 0.3) is 0 Å². The fraction of sp³-hybridized carbons (Fsp3) is 0.667. The highest BCUT2D eigenvalue weighted by atomic mass is 16.7. The minimum Gasteiger partial charge on any atom is -0.489 e. The Morgan fingerprint density at radius 2 is 1.82 bits per heavy atom. The lowest BCUT2D eigenvalue weighted by atomic mass is 9.79. The highest BCUT2D eigenvalue weighted by Crippen LogP contribution is 2.36. The van der Waals surface area contributed by atoms with Gasteiger partial charge in [-0.15, -0.1) is 0 Å². The standard InChI is InChI=1S/C21H32BNO5/c1-19(2,3)26-18(24)23-12-11-17(14-23)25-16-10-8-9-15(13-16)22-27-20(4,5)21(6,7)28-22/h8-10,13,17H,11-12,14H2,1-7H3/t17-/m1/s1. The van der Waals surface area contributed by atoms with Gasteiger partial charge in [-0.1, -0.05) is 12.1 Å². The Kier molecular flexibility index (Phi) is 5.45. The summed E-state index contributed by atoms with van der Waals surface area (Å²) in [5.74, 6) is 0.753. The lowest BCUT2D eigenvalue weighted by Crippen LogP contribution is -2.41. The fourth-order valence-electron chi connectivity index (χ4n) is 3.22. The third-order valence-electron chi connectivity index (χ3n) is 5.48. The summed E-state index contributed by atoms with van der Waals surface area (Å²) >= 11 is 0. The third kappa shape index (κ3) is 4.63. The zero-order valence-corrected chi connectivity index (χ0v) is 18.1. The number of benzene rings is 1. The Balaban J connectivity index is 1.61. The molecule has 2 aliphatic rings. The third-order valence-corrected chi connectivity index (χ3v) is 5.48. The molecule has 6 nitrogen and oxygen atoms in total. The maximum absolute atomic E-state index is 12.2. The van der Waals surface area contributed by atoms with Crippen molar-refractivity contribution in [2.24, 2.45) is 0 Å². The van der Waals surface area contributed by atoms with Gasteiger partial charge in [-0.25, -0.2) is 4.79 Å². The Bertz CT molecular complexity index is 712. The predicted octanol–water partition coefficient (Wildman–Crippen LogP) is 3.37. The molecule has 154 valence electrons. The van der Waals surface area contributed by atoms with Crippen LogP contribution in [0, 0.1) is 0 Å². The van der Waals surface area contributed by atoms with E-state index in [9.17, 15) is 4.79 Å². The van der Waals surface area contributed by atoms with Crippen molar-refractivity contribution >= 4 is 18.7 Å². The molecule has 3 rings (SSSR count). The molecule has 1 amide bonds. The van der Waals surface area contributed by atoms with Gasteiger partial charge in [0.25, 0.3) is 0 Å². The van der Waals surface area contributed by atoms with Crippen LogP contribution in [0.1, 0.15) is 54.9 Å². The van der Waals surface area contributed by atoms with Crippen molar-refractivity contribution in [2.45, 2.75) is 77.8 Å². The van der Waals surface area contributed by atoms with Crippen molar-refractivity contribution in [1.82, 2.24) is 4.90 Å². The van der Waals surface area contributed by atoms with Crippen LogP contribution in [0.5, 0.6) is 5.75 Å². The summed E-state index contributed by atoms with van der Waals surface area (Å²) in [7, 11) is -0.421. The van der Waals surface area contributed by atoms with E-state index in [0.29, 0.717) is 13.1 Å². The van der Waals surface area contributed by atoms with Gasteiger partial charge in [0.1, 0.15) is 17.5 Å². The largest absolute Gasteiger partial charge is 0.494 e. The van der Waals surface area contributed by atoms with Crippen LogP contribution in [0.2, 0.25) is 0 Å². The first-order chi connectivity index (χ1) is 12.9. The van der Waals surface area contributed by atoms with Gasteiger partial charge in [0, 0.05) is 13.0 Å². The molecule has 0 saturated carbocycles. The van der Waals surface area contributed by atoms with Crippen LogP contribution in [-0.4, -0.2) is 54.1 Å². The smallest absolute Gasteiger partial charge is 0.489 e. The van der Waals surface area contributed by atoms with E-state index < -0.39 is 12.7 Å². The first-order valence-electron chi connectivity index (χ1n) is 9.96. The lowest BCUT2D eigenvalue weighted by molar-refractivity contribution is 0.00578. The van der Waals surface area contributed by atoms with Crippen molar-refractivity contribution in [3.05, 3.63) is 24.3 Å². The van der Waals surface area contributed by atoms with Gasteiger partial charge in [-0.3, -0.25) is 0 Å². The van der Waals surface area contributed by atoms with Crippen molar-refractivity contribution < 1.29 is 23.6 Å².